The highest BCUT2D eigenvalue weighted by atomic mass is 32.2. The molecule has 6 heteroatoms. The Kier molecular flexibility index (Phi) is 3.25. The second-order valence-electron chi connectivity index (χ2n) is 3.12. The molecule has 0 bridgehead atoms. The number of nitrogens with two attached hydrogens (primary N) is 1. The first-order chi connectivity index (χ1) is 6.03. The van der Waals surface area contributed by atoms with Gasteiger partial charge in [0, 0.05) is 0 Å². The molecule has 1 rings (SSSR count). The average molecular weight is 204 g/mol. The van der Waals surface area contributed by atoms with E-state index < -0.39 is 16.1 Å². The SMILES string of the molecule is N#CC(OCCS(N)(=O)=O)C1CC1. The Morgan fingerprint density at radius 2 is 2.23 bits per heavy atom. The molecule has 1 aliphatic carbocycles. The molecule has 0 aromatic rings. The lowest BCUT2D eigenvalue weighted by Gasteiger charge is -2.07. The van der Waals surface area contributed by atoms with E-state index in [9.17, 15) is 8.42 Å². The molecule has 0 aromatic carbocycles. The molecule has 1 saturated carbocycles. The van der Waals surface area contributed by atoms with Crippen LogP contribution in [0.1, 0.15) is 12.8 Å². The van der Waals surface area contributed by atoms with Gasteiger partial charge in [-0.3, -0.25) is 0 Å². The Labute approximate surface area is 77.5 Å². The molecular formula is C7H12N2O3S. The zero-order chi connectivity index (χ0) is 9.90. The molecule has 2 N–H and O–H groups in total. The first-order valence-electron chi connectivity index (χ1n) is 4.04. The number of sulfonamides is 1. The van der Waals surface area contributed by atoms with Crippen molar-refractivity contribution in [3.05, 3.63) is 0 Å². The topological polar surface area (TPSA) is 93.2 Å². The normalized spacial score (nSPS) is 19.4. The second-order valence-corrected chi connectivity index (χ2v) is 4.86. The van der Waals surface area contributed by atoms with Crippen molar-refractivity contribution in [2.45, 2.75) is 18.9 Å². The van der Waals surface area contributed by atoms with Crippen LogP contribution in [0.25, 0.3) is 0 Å². The van der Waals surface area contributed by atoms with Crippen LogP contribution < -0.4 is 5.14 Å². The largest absolute Gasteiger partial charge is 0.362 e. The molecule has 0 radical (unpaired) electrons. The number of hydrogen-bond donors (Lipinski definition) is 1. The van der Waals surface area contributed by atoms with Crippen molar-refractivity contribution in [3.63, 3.8) is 0 Å². The van der Waals surface area contributed by atoms with Crippen molar-refractivity contribution in [3.8, 4) is 6.07 Å². The molecule has 0 heterocycles. The summed E-state index contributed by atoms with van der Waals surface area (Å²) in [6.07, 6.45) is 1.53. The van der Waals surface area contributed by atoms with E-state index in [0.29, 0.717) is 5.92 Å². The lowest BCUT2D eigenvalue weighted by Crippen LogP contribution is -2.23. The highest BCUT2D eigenvalue weighted by Crippen LogP contribution is 2.33. The van der Waals surface area contributed by atoms with Crippen molar-refractivity contribution in [2.24, 2.45) is 11.1 Å². The van der Waals surface area contributed by atoms with Crippen molar-refractivity contribution in [1.29, 1.82) is 5.26 Å². The van der Waals surface area contributed by atoms with Gasteiger partial charge in [-0.2, -0.15) is 5.26 Å². The summed E-state index contributed by atoms with van der Waals surface area (Å²) in [6, 6.07) is 1.99. The lowest BCUT2D eigenvalue weighted by molar-refractivity contribution is 0.0877. The van der Waals surface area contributed by atoms with Crippen LogP contribution in [0.2, 0.25) is 0 Å². The molecule has 1 fully saturated rings. The van der Waals surface area contributed by atoms with Gasteiger partial charge in [0.15, 0.2) is 0 Å². The third-order valence-corrected chi connectivity index (χ3v) is 2.58. The number of rotatable bonds is 5. The fourth-order valence-electron chi connectivity index (χ4n) is 0.969. The molecule has 1 atom stereocenters. The Hall–Kier alpha value is -0.640. The van der Waals surface area contributed by atoms with Crippen molar-refractivity contribution in [2.75, 3.05) is 12.4 Å². The van der Waals surface area contributed by atoms with Gasteiger partial charge >= 0.3 is 0 Å². The van der Waals surface area contributed by atoms with Gasteiger partial charge < -0.3 is 4.74 Å². The molecule has 0 amide bonds. The smallest absolute Gasteiger partial charge is 0.211 e. The molecule has 13 heavy (non-hydrogen) atoms. The Morgan fingerprint density at radius 3 is 2.62 bits per heavy atom. The summed E-state index contributed by atoms with van der Waals surface area (Å²) in [6.45, 7) is 0.00750. The van der Waals surface area contributed by atoms with Gasteiger partial charge in [0.05, 0.1) is 18.4 Å². The standard InChI is InChI=1S/C7H12N2O3S/c8-5-7(6-1-2-6)12-3-4-13(9,10)11/h6-7H,1-4H2,(H2,9,10,11). The van der Waals surface area contributed by atoms with Gasteiger partial charge in [-0.15, -0.1) is 0 Å². The maximum absolute atomic E-state index is 10.5. The van der Waals surface area contributed by atoms with Crippen LogP contribution >= 0.6 is 0 Å². The van der Waals surface area contributed by atoms with Crippen LogP contribution in [0.15, 0.2) is 0 Å². The number of nitrogens with zero attached hydrogens (tertiary/aromatic N) is 1. The minimum absolute atomic E-state index is 0.00750. The lowest BCUT2D eigenvalue weighted by atomic mass is 10.2. The van der Waals surface area contributed by atoms with Gasteiger partial charge in [0.2, 0.25) is 10.0 Å². The minimum atomic E-state index is -3.47. The molecular weight excluding hydrogens is 192 g/mol. The van der Waals surface area contributed by atoms with Gasteiger partial charge in [-0.1, -0.05) is 0 Å². The van der Waals surface area contributed by atoms with E-state index in [4.69, 9.17) is 15.1 Å². The molecule has 0 aliphatic heterocycles. The Bertz CT molecular complexity index is 302. The molecule has 1 aliphatic rings. The Balaban J connectivity index is 2.21. The highest BCUT2D eigenvalue weighted by molar-refractivity contribution is 7.89. The van der Waals surface area contributed by atoms with E-state index in [1.165, 1.54) is 0 Å². The zero-order valence-corrected chi connectivity index (χ0v) is 7.96. The molecule has 74 valence electrons. The van der Waals surface area contributed by atoms with E-state index in [1.807, 2.05) is 6.07 Å². The highest BCUT2D eigenvalue weighted by Gasteiger charge is 2.31. The number of primary sulfonamides is 1. The summed E-state index contributed by atoms with van der Waals surface area (Å²) < 4.78 is 26.1. The third-order valence-electron chi connectivity index (χ3n) is 1.84. The van der Waals surface area contributed by atoms with Crippen LogP contribution in [0, 0.1) is 17.2 Å². The number of nitriles is 1. The van der Waals surface area contributed by atoms with Crippen molar-refractivity contribution >= 4 is 10.0 Å². The van der Waals surface area contributed by atoms with Gasteiger partial charge in [-0.25, -0.2) is 13.6 Å². The molecule has 0 saturated heterocycles. The van der Waals surface area contributed by atoms with Gasteiger partial charge in [0.1, 0.15) is 6.10 Å². The van der Waals surface area contributed by atoms with E-state index in [0.717, 1.165) is 12.8 Å². The van der Waals surface area contributed by atoms with Crippen LogP contribution in [0.4, 0.5) is 0 Å². The van der Waals surface area contributed by atoms with Crippen LogP contribution in [-0.2, 0) is 14.8 Å². The predicted molar refractivity (Wildman–Crippen MR) is 46.1 cm³/mol. The molecule has 1 unspecified atom stereocenters. The van der Waals surface area contributed by atoms with E-state index in [-0.39, 0.29) is 12.4 Å². The maximum atomic E-state index is 10.5. The summed E-state index contributed by atoms with van der Waals surface area (Å²) >= 11 is 0. The summed E-state index contributed by atoms with van der Waals surface area (Å²) in [5.41, 5.74) is 0. The summed E-state index contributed by atoms with van der Waals surface area (Å²) in [7, 11) is -3.47. The fourth-order valence-corrected chi connectivity index (χ4v) is 1.30. The molecule has 0 spiro atoms. The molecule has 0 aromatic heterocycles. The first-order valence-corrected chi connectivity index (χ1v) is 5.76. The van der Waals surface area contributed by atoms with E-state index >= 15 is 0 Å². The van der Waals surface area contributed by atoms with Crippen LogP contribution in [0.5, 0.6) is 0 Å². The van der Waals surface area contributed by atoms with Gasteiger partial charge in [0.25, 0.3) is 0 Å². The predicted octanol–water partition coefficient (Wildman–Crippen LogP) is -0.406. The minimum Gasteiger partial charge on any atom is -0.362 e. The van der Waals surface area contributed by atoms with Gasteiger partial charge in [-0.05, 0) is 18.8 Å². The summed E-state index contributed by atoms with van der Waals surface area (Å²) in [5, 5.41) is 13.4. The molecule has 5 nitrogen and oxygen atoms in total. The zero-order valence-electron chi connectivity index (χ0n) is 7.14. The Morgan fingerprint density at radius 1 is 1.62 bits per heavy atom. The monoisotopic (exact) mass is 204 g/mol. The quantitative estimate of drug-likeness (QED) is 0.659. The summed E-state index contributed by atoms with van der Waals surface area (Å²) in [4.78, 5) is 0. The van der Waals surface area contributed by atoms with E-state index in [1.54, 1.807) is 0 Å². The van der Waals surface area contributed by atoms with Crippen molar-refractivity contribution in [1.82, 2.24) is 0 Å². The number of ether oxygens (including phenoxy) is 1. The third kappa shape index (κ3) is 4.22. The van der Waals surface area contributed by atoms with Crippen molar-refractivity contribution < 1.29 is 13.2 Å². The number of hydrogen-bond acceptors (Lipinski definition) is 4. The summed E-state index contributed by atoms with van der Waals surface area (Å²) in [5.74, 6) is 0.0724. The average Bonchev–Trinajstić information content (AvgIpc) is 2.78. The maximum Gasteiger partial charge on any atom is 0.211 e. The first kappa shape index (κ1) is 10.4. The van der Waals surface area contributed by atoms with Crippen LogP contribution in [0.3, 0.4) is 0 Å². The van der Waals surface area contributed by atoms with Crippen LogP contribution in [-0.4, -0.2) is 26.9 Å². The fraction of sp³-hybridized carbons (Fsp3) is 0.857. The van der Waals surface area contributed by atoms with E-state index in [2.05, 4.69) is 0 Å². The second kappa shape index (κ2) is 4.05.